The average molecular weight is 375 g/mol. The van der Waals surface area contributed by atoms with Crippen molar-refractivity contribution in [3.63, 3.8) is 0 Å². The predicted molar refractivity (Wildman–Crippen MR) is 98.5 cm³/mol. The van der Waals surface area contributed by atoms with E-state index < -0.39 is 0 Å². The number of hydrogen-bond acceptors (Lipinski definition) is 7. The highest BCUT2D eigenvalue weighted by Gasteiger charge is 2.15. The van der Waals surface area contributed by atoms with Gasteiger partial charge in [-0.2, -0.15) is 0 Å². The molecule has 0 radical (unpaired) electrons. The van der Waals surface area contributed by atoms with Crippen LogP contribution >= 0.6 is 22.7 Å². The summed E-state index contributed by atoms with van der Waals surface area (Å²) < 4.78 is 16.1. The molecular weight excluding hydrogens is 358 g/mol. The second-order valence-electron chi connectivity index (χ2n) is 5.10. The van der Waals surface area contributed by atoms with Gasteiger partial charge < -0.3 is 14.2 Å². The second kappa shape index (κ2) is 8.13. The highest BCUT2D eigenvalue weighted by Crippen LogP contribution is 2.38. The third-order valence-electron chi connectivity index (χ3n) is 3.46. The zero-order chi connectivity index (χ0) is 17.6. The van der Waals surface area contributed by atoms with Crippen molar-refractivity contribution in [1.82, 2.24) is 4.98 Å². The van der Waals surface area contributed by atoms with Gasteiger partial charge in [0, 0.05) is 10.3 Å². The molecule has 0 aliphatic heterocycles. The van der Waals surface area contributed by atoms with Crippen molar-refractivity contribution in [1.29, 1.82) is 0 Å². The molecule has 0 aliphatic carbocycles. The number of aromatic nitrogens is 1. The summed E-state index contributed by atoms with van der Waals surface area (Å²) in [6.07, 6.45) is 0.290. The predicted octanol–water partition coefficient (Wildman–Crippen LogP) is 4.17. The third-order valence-corrected chi connectivity index (χ3v) is 5.27. The average Bonchev–Trinajstić information content (AvgIpc) is 3.31. The van der Waals surface area contributed by atoms with E-state index in [4.69, 9.17) is 14.2 Å². The maximum Gasteiger partial charge on any atom is 0.311 e. The summed E-state index contributed by atoms with van der Waals surface area (Å²) in [6, 6.07) is 9.48. The molecule has 0 aliphatic rings. The zero-order valence-electron chi connectivity index (χ0n) is 13.9. The fraction of sp³-hybridized carbons (Fsp3) is 0.222. The van der Waals surface area contributed by atoms with E-state index in [1.54, 1.807) is 25.6 Å². The summed E-state index contributed by atoms with van der Waals surface area (Å²) in [4.78, 5) is 17.4. The lowest BCUT2D eigenvalue weighted by Gasteiger charge is -2.10. The fourth-order valence-corrected chi connectivity index (χ4v) is 3.83. The number of hydrogen-bond donors (Lipinski definition) is 0. The Morgan fingerprint density at radius 1 is 1.12 bits per heavy atom. The van der Waals surface area contributed by atoms with E-state index in [-0.39, 0.29) is 12.6 Å². The molecule has 0 N–H and O–H groups in total. The molecule has 0 amide bonds. The van der Waals surface area contributed by atoms with Crippen LogP contribution in [-0.4, -0.2) is 25.2 Å². The molecule has 2 aromatic heterocycles. The second-order valence-corrected chi connectivity index (χ2v) is 6.99. The lowest BCUT2D eigenvalue weighted by Crippen LogP contribution is -2.07. The van der Waals surface area contributed by atoms with Crippen LogP contribution < -0.4 is 9.47 Å². The Hall–Kier alpha value is -2.38. The van der Waals surface area contributed by atoms with Gasteiger partial charge in [-0.3, -0.25) is 4.79 Å². The van der Waals surface area contributed by atoms with Crippen LogP contribution in [0, 0.1) is 0 Å². The summed E-state index contributed by atoms with van der Waals surface area (Å²) >= 11 is 3.01. The van der Waals surface area contributed by atoms with Gasteiger partial charge in [-0.25, -0.2) is 4.98 Å². The highest BCUT2D eigenvalue weighted by molar-refractivity contribution is 7.13. The van der Waals surface area contributed by atoms with Crippen LogP contribution in [0.1, 0.15) is 10.6 Å². The number of rotatable bonds is 7. The summed E-state index contributed by atoms with van der Waals surface area (Å²) in [5.41, 5.74) is 1.56. The van der Waals surface area contributed by atoms with Gasteiger partial charge in [0.05, 0.1) is 31.9 Å². The van der Waals surface area contributed by atoms with Crippen LogP contribution in [0.3, 0.4) is 0 Å². The molecule has 3 rings (SSSR count). The molecule has 5 nitrogen and oxygen atoms in total. The van der Waals surface area contributed by atoms with E-state index in [1.165, 1.54) is 11.3 Å². The minimum atomic E-state index is -0.254. The van der Waals surface area contributed by atoms with Gasteiger partial charge >= 0.3 is 5.97 Å². The number of thiophene rings is 1. The van der Waals surface area contributed by atoms with E-state index >= 15 is 0 Å². The number of methoxy groups -OCH3 is 2. The Bertz CT molecular complexity index is 843. The lowest BCUT2D eigenvalue weighted by atomic mass is 10.2. The summed E-state index contributed by atoms with van der Waals surface area (Å²) in [7, 11) is 3.20. The number of carbonyl (C=O) groups excluding carboxylic acids is 1. The Balaban J connectivity index is 1.67. The van der Waals surface area contributed by atoms with Crippen molar-refractivity contribution < 1.29 is 19.0 Å². The van der Waals surface area contributed by atoms with E-state index in [2.05, 4.69) is 4.98 Å². The molecule has 2 heterocycles. The van der Waals surface area contributed by atoms with Gasteiger partial charge in [0.1, 0.15) is 11.6 Å². The number of benzene rings is 1. The van der Waals surface area contributed by atoms with Gasteiger partial charge in [-0.15, -0.1) is 22.7 Å². The van der Waals surface area contributed by atoms with Crippen LogP contribution in [0.25, 0.3) is 10.6 Å². The molecule has 130 valence electrons. The molecule has 0 unspecified atom stereocenters. The number of carbonyl (C=O) groups is 1. The fourth-order valence-electron chi connectivity index (χ4n) is 2.31. The molecule has 0 fully saturated rings. The summed E-state index contributed by atoms with van der Waals surface area (Å²) in [5.74, 6) is 1.04. The van der Waals surface area contributed by atoms with Crippen molar-refractivity contribution in [2.24, 2.45) is 0 Å². The van der Waals surface area contributed by atoms with Gasteiger partial charge in [0.15, 0.2) is 11.5 Å². The largest absolute Gasteiger partial charge is 0.493 e. The minimum absolute atomic E-state index is 0.160. The molecule has 3 aromatic rings. The molecule has 7 heteroatoms. The Morgan fingerprint density at radius 2 is 2.00 bits per heavy atom. The van der Waals surface area contributed by atoms with E-state index in [9.17, 15) is 4.79 Å². The van der Waals surface area contributed by atoms with Crippen molar-refractivity contribution in [3.8, 4) is 22.1 Å². The summed E-state index contributed by atoms with van der Waals surface area (Å²) in [6.45, 7) is 0.160. The van der Waals surface area contributed by atoms with Gasteiger partial charge in [-0.1, -0.05) is 12.1 Å². The standard InChI is InChI=1S/C18H17NO4S2/c1-21-15-7-3-6-14(17(15)22-2)18-19-12(11-25-18)10-23-16(20)9-13-5-4-8-24-13/h3-8,11H,9-10H2,1-2H3. The van der Waals surface area contributed by atoms with Crippen molar-refractivity contribution in [2.75, 3.05) is 14.2 Å². The quantitative estimate of drug-likeness (QED) is 0.580. The van der Waals surface area contributed by atoms with Crippen molar-refractivity contribution in [3.05, 3.63) is 51.7 Å². The first-order valence-corrected chi connectivity index (χ1v) is 9.31. The molecule has 0 saturated heterocycles. The Morgan fingerprint density at radius 3 is 2.72 bits per heavy atom. The third kappa shape index (κ3) is 4.18. The number of thiazole rings is 1. The molecule has 0 saturated carbocycles. The number of esters is 1. The van der Waals surface area contributed by atoms with Gasteiger partial charge in [0.25, 0.3) is 0 Å². The molecular formula is C18H17NO4S2. The first kappa shape index (κ1) is 17.4. The monoisotopic (exact) mass is 375 g/mol. The Kier molecular flexibility index (Phi) is 5.67. The SMILES string of the molecule is COc1cccc(-c2nc(COC(=O)Cc3cccs3)cs2)c1OC. The van der Waals surface area contributed by atoms with Crippen LogP contribution in [0.5, 0.6) is 11.5 Å². The Labute approximate surface area is 153 Å². The first-order valence-electron chi connectivity index (χ1n) is 7.55. The number of nitrogens with zero attached hydrogens (tertiary/aromatic N) is 1. The zero-order valence-corrected chi connectivity index (χ0v) is 15.5. The maximum atomic E-state index is 11.9. The topological polar surface area (TPSA) is 57.7 Å². The maximum absolute atomic E-state index is 11.9. The highest BCUT2D eigenvalue weighted by atomic mass is 32.1. The van der Waals surface area contributed by atoms with Crippen LogP contribution in [-0.2, 0) is 22.6 Å². The van der Waals surface area contributed by atoms with Crippen LogP contribution in [0.15, 0.2) is 41.1 Å². The first-order chi connectivity index (χ1) is 12.2. The number of ether oxygens (including phenoxy) is 3. The van der Waals surface area contributed by atoms with E-state index in [0.717, 1.165) is 15.4 Å². The molecule has 0 atom stereocenters. The summed E-state index contributed by atoms with van der Waals surface area (Å²) in [5, 5.41) is 4.61. The van der Waals surface area contributed by atoms with E-state index in [1.807, 2.05) is 41.1 Å². The lowest BCUT2D eigenvalue weighted by molar-refractivity contribution is -0.144. The smallest absolute Gasteiger partial charge is 0.311 e. The minimum Gasteiger partial charge on any atom is -0.493 e. The van der Waals surface area contributed by atoms with E-state index in [0.29, 0.717) is 23.6 Å². The van der Waals surface area contributed by atoms with Gasteiger partial charge in [-0.05, 0) is 23.6 Å². The molecule has 25 heavy (non-hydrogen) atoms. The van der Waals surface area contributed by atoms with Crippen molar-refractivity contribution in [2.45, 2.75) is 13.0 Å². The van der Waals surface area contributed by atoms with Crippen molar-refractivity contribution >= 4 is 28.6 Å². The molecule has 1 aromatic carbocycles. The van der Waals surface area contributed by atoms with Crippen LogP contribution in [0.4, 0.5) is 0 Å². The van der Waals surface area contributed by atoms with Crippen LogP contribution in [0.2, 0.25) is 0 Å². The van der Waals surface area contributed by atoms with Gasteiger partial charge in [0.2, 0.25) is 0 Å². The molecule has 0 spiro atoms. The number of para-hydroxylation sites is 1. The normalized spacial score (nSPS) is 10.5. The molecule has 0 bridgehead atoms.